The summed E-state index contributed by atoms with van der Waals surface area (Å²) in [5.74, 6) is 0.473. The quantitative estimate of drug-likeness (QED) is 0.354. The van der Waals surface area contributed by atoms with Gasteiger partial charge in [-0.1, -0.05) is 19.9 Å². The van der Waals surface area contributed by atoms with Gasteiger partial charge in [-0.15, -0.1) is 37.5 Å². The zero-order valence-corrected chi connectivity index (χ0v) is 18.7. The average Bonchev–Trinajstić information content (AvgIpc) is 3.47. The second-order valence-corrected chi connectivity index (χ2v) is 9.93. The Labute approximate surface area is 183 Å². The van der Waals surface area contributed by atoms with Gasteiger partial charge in [0, 0.05) is 22.4 Å². The molecular weight excluding hydrogens is 438 g/mol. The number of rotatable bonds is 6. The van der Waals surface area contributed by atoms with E-state index in [1.807, 2.05) is 29.0 Å². The molecule has 0 unspecified atom stereocenters. The number of fused-ring (bicyclic) bond motifs is 2. The Bertz CT molecular complexity index is 1380. The lowest BCUT2D eigenvalue weighted by atomic mass is 10.1. The fraction of sp³-hybridized carbons (Fsp3) is 0.263. The van der Waals surface area contributed by atoms with Crippen LogP contribution in [-0.4, -0.2) is 34.8 Å². The Morgan fingerprint density at radius 1 is 1.20 bits per heavy atom. The molecule has 0 saturated carbocycles. The van der Waals surface area contributed by atoms with Gasteiger partial charge < -0.3 is 0 Å². The second kappa shape index (κ2) is 7.89. The molecule has 8 nitrogen and oxygen atoms in total. The highest BCUT2D eigenvalue weighted by Crippen LogP contribution is 2.35. The van der Waals surface area contributed by atoms with Crippen LogP contribution in [0.3, 0.4) is 0 Å². The van der Waals surface area contributed by atoms with E-state index in [0.717, 1.165) is 21.7 Å². The summed E-state index contributed by atoms with van der Waals surface area (Å²) in [6, 6.07) is 7.67. The number of hydrogen-bond acceptors (Lipinski definition) is 9. The maximum absolute atomic E-state index is 13.6. The normalized spacial score (nSPS) is 11.8. The first kappa shape index (κ1) is 19.3. The van der Waals surface area contributed by atoms with Crippen LogP contribution in [0, 0.1) is 5.92 Å². The molecule has 0 amide bonds. The Morgan fingerprint density at radius 3 is 2.90 bits per heavy atom. The fourth-order valence-electron chi connectivity index (χ4n) is 3.06. The van der Waals surface area contributed by atoms with E-state index in [2.05, 4.69) is 34.5 Å². The molecule has 0 radical (unpaired) electrons. The standard InChI is InChI=1S/C19H17N7OS3/c1-11(2)7-8-25-18(27)16-12(13-4-3-9-28-13)10-29-17(16)20-19(25)30-15-6-5-14-21-23-24-26(14)22-15/h3-6,9-11H,7-8H2,1-2H3. The van der Waals surface area contributed by atoms with Crippen LogP contribution >= 0.6 is 34.4 Å². The summed E-state index contributed by atoms with van der Waals surface area (Å²) in [4.78, 5) is 20.2. The van der Waals surface area contributed by atoms with E-state index >= 15 is 0 Å². The van der Waals surface area contributed by atoms with Crippen molar-refractivity contribution >= 4 is 50.3 Å². The predicted octanol–water partition coefficient (Wildman–Crippen LogP) is 4.22. The summed E-state index contributed by atoms with van der Waals surface area (Å²) in [5, 5.41) is 21.8. The van der Waals surface area contributed by atoms with Gasteiger partial charge in [-0.3, -0.25) is 9.36 Å². The monoisotopic (exact) mass is 455 g/mol. The van der Waals surface area contributed by atoms with Gasteiger partial charge in [-0.2, -0.15) is 0 Å². The van der Waals surface area contributed by atoms with E-state index in [0.29, 0.717) is 33.7 Å². The van der Waals surface area contributed by atoms with Gasteiger partial charge in [0.15, 0.2) is 10.8 Å². The lowest BCUT2D eigenvalue weighted by Gasteiger charge is -2.13. The molecule has 0 fully saturated rings. The minimum absolute atomic E-state index is 0.00343. The molecule has 0 bridgehead atoms. The van der Waals surface area contributed by atoms with E-state index in [1.165, 1.54) is 27.7 Å². The second-order valence-electron chi connectivity index (χ2n) is 7.14. The van der Waals surface area contributed by atoms with Crippen molar-refractivity contribution < 1.29 is 0 Å². The third kappa shape index (κ3) is 3.53. The van der Waals surface area contributed by atoms with Crippen molar-refractivity contribution in [1.29, 1.82) is 0 Å². The maximum Gasteiger partial charge on any atom is 0.263 e. The molecule has 5 rings (SSSR count). The molecule has 0 atom stereocenters. The number of tetrazole rings is 1. The van der Waals surface area contributed by atoms with E-state index in [9.17, 15) is 4.79 Å². The molecule has 0 aliphatic carbocycles. The van der Waals surface area contributed by atoms with Crippen LogP contribution in [0.2, 0.25) is 0 Å². The first-order chi connectivity index (χ1) is 14.6. The molecule has 30 heavy (non-hydrogen) atoms. The zero-order valence-electron chi connectivity index (χ0n) is 16.2. The van der Waals surface area contributed by atoms with E-state index in [4.69, 9.17) is 4.98 Å². The third-order valence-electron chi connectivity index (χ3n) is 4.62. The number of nitrogens with zero attached hydrogens (tertiary/aromatic N) is 7. The lowest BCUT2D eigenvalue weighted by molar-refractivity contribution is 0.481. The molecule has 0 spiro atoms. The van der Waals surface area contributed by atoms with Gasteiger partial charge in [0.05, 0.1) is 5.39 Å². The minimum Gasteiger partial charge on any atom is -0.287 e. The molecule has 5 aromatic rings. The topological polar surface area (TPSA) is 90.9 Å². The van der Waals surface area contributed by atoms with Crippen LogP contribution < -0.4 is 5.56 Å². The molecule has 0 aliphatic heterocycles. The molecule has 0 saturated heterocycles. The summed E-state index contributed by atoms with van der Waals surface area (Å²) in [6.07, 6.45) is 0.887. The van der Waals surface area contributed by atoms with Crippen molar-refractivity contribution in [3.8, 4) is 10.4 Å². The maximum atomic E-state index is 13.6. The summed E-state index contributed by atoms with van der Waals surface area (Å²) in [6.45, 7) is 4.91. The molecule has 11 heteroatoms. The van der Waals surface area contributed by atoms with Crippen molar-refractivity contribution in [3.63, 3.8) is 0 Å². The Hall–Kier alpha value is -2.63. The zero-order chi connectivity index (χ0) is 20.7. The van der Waals surface area contributed by atoms with Crippen LogP contribution in [0.1, 0.15) is 20.3 Å². The van der Waals surface area contributed by atoms with Gasteiger partial charge in [0.2, 0.25) is 0 Å². The van der Waals surface area contributed by atoms with Gasteiger partial charge in [0.25, 0.3) is 5.56 Å². The van der Waals surface area contributed by atoms with Crippen LogP contribution in [0.5, 0.6) is 0 Å². The first-order valence-electron chi connectivity index (χ1n) is 9.39. The molecule has 5 aromatic heterocycles. The largest absolute Gasteiger partial charge is 0.287 e. The van der Waals surface area contributed by atoms with Crippen LogP contribution in [-0.2, 0) is 6.54 Å². The van der Waals surface area contributed by atoms with Crippen molar-refractivity contribution in [2.45, 2.75) is 37.0 Å². The molecular formula is C19H17N7OS3. The molecule has 0 N–H and O–H groups in total. The van der Waals surface area contributed by atoms with Crippen LogP contribution in [0.4, 0.5) is 0 Å². The Kier molecular flexibility index (Phi) is 5.09. The highest BCUT2D eigenvalue weighted by Gasteiger charge is 2.19. The fourth-order valence-corrected chi connectivity index (χ4v) is 5.73. The van der Waals surface area contributed by atoms with Gasteiger partial charge >= 0.3 is 0 Å². The SMILES string of the molecule is CC(C)CCn1c(Sc2ccc3nnnn3n2)nc2scc(-c3cccs3)c2c1=O. The minimum atomic E-state index is -0.00343. The Balaban J connectivity index is 1.64. The van der Waals surface area contributed by atoms with Gasteiger partial charge in [0.1, 0.15) is 9.86 Å². The van der Waals surface area contributed by atoms with E-state index in [-0.39, 0.29) is 5.56 Å². The molecule has 0 aromatic carbocycles. The number of aromatic nitrogens is 7. The van der Waals surface area contributed by atoms with Gasteiger partial charge in [-0.05, 0) is 58.1 Å². The predicted molar refractivity (Wildman–Crippen MR) is 119 cm³/mol. The highest BCUT2D eigenvalue weighted by atomic mass is 32.2. The molecule has 152 valence electrons. The first-order valence-corrected chi connectivity index (χ1v) is 12.0. The third-order valence-corrected chi connectivity index (χ3v) is 7.31. The Morgan fingerprint density at radius 2 is 2.10 bits per heavy atom. The highest BCUT2D eigenvalue weighted by molar-refractivity contribution is 7.99. The molecule has 5 heterocycles. The summed E-state index contributed by atoms with van der Waals surface area (Å²) in [7, 11) is 0. The van der Waals surface area contributed by atoms with Crippen LogP contribution in [0.25, 0.3) is 26.3 Å². The number of thiophene rings is 2. The summed E-state index contributed by atoms with van der Waals surface area (Å²) >= 11 is 4.48. The number of hydrogen-bond donors (Lipinski definition) is 0. The lowest BCUT2D eigenvalue weighted by Crippen LogP contribution is -2.24. The average molecular weight is 456 g/mol. The van der Waals surface area contributed by atoms with E-state index in [1.54, 1.807) is 22.0 Å². The van der Waals surface area contributed by atoms with Gasteiger partial charge in [-0.25, -0.2) is 4.98 Å². The summed E-state index contributed by atoms with van der Waals surface area (Å²) < 4.78 is 3.15. The van der Waals surface area contributed by atoms with Crippen molar-refractivity contribution in [3.05, 3.63) is 45.4 Å². The van der Waals surface area contributed by atoms with Crippen molar-refractivity contribution in [2.75, 3.05) is 0 Å². The van der Waals surface area contributed by atoms with Crippen molar-refractivity contribution in [1.82, 2.24) is 34.8 Å². The molecule has 0 aliphatic rings. The van der Waals surface area contributed by atoms with Crippen molar-refractivity contribution in [2.24, 2.45) is 5.92 Å². The summed E-state index contributed by atoms with van der Waals surface area (Å²) in [5.41, 5.74) is 1.53. The van der Waals surface area contributed by atoms with Crippen LogP contribution in [0.15, 0.2) is 50.0 Å². The van der Waals surface area contributed by atoms with E-state index < -0.39 is 0 Å². The smallest absolute Gasteiger partial charge is 0.263 e.